The molecule has 0 aromatic carbocycles. The van der Waals surface area contributed by atoms with Crippen LogP contribution in [0, 0.1) is 35.0 Å². The molecule has 0 spiro atoms. The van der Waals surface area contributed by atoms with Crippen molar-refractivity contribution in [3.05, 3.63) is 0 Å². The minimum Gasteiger partial charge on any atom is -0.481 e. The smallest absolute Gasteiger partial charge is 0.303 e. The van der Waals surface area contributed by atoms with Gasteiger partial charge < -0.3 is 5.11 Å². The molecular formula is C26H47O2P. The Bertz CT molecular complexity index is 563. The first-order valence-corrected chi connectivity index (χ1v) is 14.5. The molecule has 3 heteroatoms. The van der Waals surface area contributed by atoms with E-state index in [1.165, 1.54) is 51.4 Å². The average molecular weight is 423 g/mol. The molecule has 4 fully saturated rings. The van der Waals surface area contributed by atoms with Crippen molar-refractivity contribution in [2.24, 2.45) is 35.0 Å². The predicted molar refractivity (Wildman–Crippen MR) is 126 cm³/mol. The highest BCUT2D eigenvalue weighted by Gasteiger charge is 2.59. The number of aliphatic carboxylic acids is 1. The van der Waals surface area contributed by atoms with E-state index < -0.39 is 5.97 Å². The van der Waals surface area contributed by atoms with E-state index in [9.17, 15) is 4.79 Å². The second kappa shape index (κ2) is 9.58. The van der Waals surface area contributed by atoms with Crippen LogP contribution in [-0.4, -0.2) is 28.6 Å². The maximum absolute atomic E-state index is 10.9. The zero-order chi connectivity index (χ0) is 21.2. The fourth-order valence-electron chi connectivity index (χ4n) is 8.51. The van der Waals surface area contributed by atoms with Gasteiger partial charge in [0.05, 0.1) is 0 Å². The number of carbonyl (C=O) groups is 1. The van der Waals surface area contributed by atoms with Gasteiger partial charge in [-0.3, -0.25) is 4.79 Å². The number of hydrogen-bond acceptors (Lipinski definition) is 1. The monoisotopic (exact) mass is 422 g/mol. The van der Waals surface area contributed by atoms with E-state index in [0.29, 0.717) is 30.8 Å². The van der Waals surface area contributed by atoms with Crippen molar-refractivity contribution in [1.82, 2.24) is 0 Å². The Morgan fingerprint density at radius 1 is 1.03 bits per heavy atom. The lowest BCUT2D eigenvalue weighted by Crippen LogP contribution is -2.52. The maximum Gasteiger partial charge on any atom is 0.303 e. The highest BCUT2D eigenvalue weighted by Crippen LogP contribution is 2.72. The van der Waals surface area contributed by atoms with Crippen molar-refractivity contribution < 1.29 is 9.90 Å². The summed E-state index contributed by atoms with van der Waals surface area (Å²) in [4.78, 5) is 10.9. The molecular weight excluding hydrogens is 375 g/mol. The van der Waals surface area contributed by atoms with E-state index >= 15 is 0 Å². The summed E-state index contributed by atoms with van der Waals surface area (Å²) < 4.78 is 0. The molecule has 0 bridgehead atoms. The van der Waals surface area contributed by atoms with Crippen LogP contribution >= 0.6 is 7.92 Å². The number of fused-ring (bicyclic) bond motifs is 5. The molecule has 4 rings (SSSR count). The lowest BCUT2D eigenvalue weighted by molar-refractivity contribution is -0.137. The Hall–Kier alpha value is -0.100. The van der Waals surface area contributed by atoms with E-state index in [1.54, 1.807) is 12.3 Å². The highest BCUT2D eigenvalue weighted by molar-refractivity contribution is 7.59. The zero-order valence-corrected chi connectivity index (χ0v) is 20.8. The Labute approximate surface area is 181 Å². The van der Waals surface area contributed by atoms with Gasteiger partial charge in [-0.2, -0.15) is 0 Å². The van der Waals surface area contributed by atoms with Crippen LogP contribution in [0.2, 0.25) is 0 Å². The molecule has 0 aromatic heterocycles. The summed E-state index contributed by atoms with van der Waals surface area (Å²) in [5.41, 5.74) is 0.537. The Morgan fingerprint density at radius 3 is 2.52 bits per heavy atom. The lowest BCUT2D eigenvalue weighted by Gasteiger charge is -2.61. The van der Waals surface area contributed by atoms with Crippen molar-refractivity contribution in [2.75, 3.05) is 12.3 Å². The Morgan fingerprint density at radius 2 is 1.79 bits per heavy atom. The molecule has 2 heterocycles. The first-order valence-electron chi connectivity index (χ1n) is 12.8. The van der Waals surface area contributed by atoms with Crippen LogP contribution in [0.25, 0.3) is 0 Å². The molecule has 2 saturated carbocycles. The highest BCUT2D eigenvalue weighted by atomic mass is 31.1. The molecule has 29 heavy (non-hydrogen) atoms. The van der Waals surface area contributed by atoms with Gasteiger partial charge in [0.2, 0.25) is 0 Å². The largest absolute Gasteiger partial charge is 0.481 e. The first kappa shape index (κ1) is 23.6. The van der Waals surface area contributed by atoms with Crippen molar-refractivity contribution in [1.29, 1.82) is 0 Å². The average Bonchev–Trinajstić information content (AvgIpc) is 3.06. The summed E-state index contributed by atoms with van der Waals surface area (Å²) in [5.74, 6) is 3.89. The van der Waals surface area contributed by atoms with Gasteiger partial charge in [-0.15, -0.1) is 7.92 Å². The molecule has 8 atom stereocenters. The zero-order valence-electron chi connectivity index (χ0n) is 19.9. The van der Waals surface area contributed by atoms with Crippen molar-refractivity contribution in [3.63, 3.8) is 0 Å². The summed E-state index contributed by atoms with van der Waals surface area (Å²) in [7, 11) is 0.300. The summed E-state index contributed by atoms with van der Waals surface area (Å²) >= 11 is 0. The van der Waals surface area contributed by atoms with Crippen LogP contribution < -0.4 is 0 Å². The molecule has 4 aliphatic rings. The van der Waals surface area contributed by atoms with E-state index in [0.717, 1.165) is 36.5 Å². The lowest BCUT2D eigenvalue weighted by atomic mass is 9.53. The molecule has 168 valence electrons. The predicted octanol–water partition coefficient (Wildman–Crippen LogP) is 7.79. The van der Waals surface area contributed by atoms with Gasteiger partial charge in [0.25, 0.3) is 0 Å². The van der Waals surface area contributed by atoms with Crippen molar-refractivity contribution >= 4 is 13.9 Å². The third-order valence-electron chi connectivity index (χ3n) is 9.86. The fourth-order valence-corrected chi connectivity index (χ4v) is 12.2. The molecule has 0 aromatic rings. The van der Waals surface area contributed by atoms with E-state index in [4.69, 9.17) is 5.11 Å². The van der Waals surface area contributed by atoms with E-state index in [2.05, 4.69) is 20.8 Å². The molecule has 1 N–H and O–H groups in total. The minimum atomic E-state index is -0.627. The number of hydrogen-bond donors (Lipinski definition) is 1. The van der Waals surface area contributed by atoms with Crippen molar-refractivity contribution in [3.8, 4) is 0 Å². The topological polar surface area (TPSA) is 37.3 Å². The van der Waals surface area contributed by atoms with Gasteiger partial charge in [0.15, 0.2) is 0 Å². The molecule has 2 aliphatic carbocycles. The Balaban J connectivity index is 0.00000117. The van der Waals surface area contributed by atoms with Gasteiger partial charge in [-0.1, -0.05) is 41.0 Å². The van der Waals surface area contributed by atoms with Gasteiger partial charge in [0.1, 0.15) is 0 Å². The molecule has 0 amide bonds. The third kappa shape index (κ3) is 4.31. The number of rotatable bonds is 5. The third-order valence-corrected chi connectivity index (χ3v) is 13.5. The van der Waals surface area contributed by atoms with Gasteiger partial charge in [-0.25, -0.2) is 0 Å². The normalized spacial score (nSPS) is 44.5. The molecule has 2 nitrogen and oxygen atoms in total. The van der Waals surface area contributed by atoms with E-state index in [1.807, 2.05) is 13.8 Å². The molecule has 2 aliphatic heterocycles. The first-order chi connectivity index (χ1) is 13.9. The number of carboxylic acids is 1. The second-order valence-corrected chi connectivity index (χ2v) is 14.0. The summed E-state index contributed by atoms with van der Waals surface area (Å²) in [6, 6.07) is 0. The standard InChI is InChI=1S/C24H41O2P.C2H6/c1-17(7-6-8-22(25)26)19-9-10-20-18-12-16-27-15-5-4-13-24(27,3)21(18)11-14-23(19,20)2;1-2/h17-21H,4-16H2,1-3H3,(H,25,26);1-2H3/t17-,18?,19?,20?,21?,23-,24?,27?;/m1./s1. The van der Waals surface area contributed by atoms with E-state index in [-0.39, 0.29) is 0 Å². The maximum atomic E-state index is 10.9. The Kier molecular flexibility index (Phi) is 7.79. The van der Waals surface area contributed by atoms with Crippen LogP contribution in [0.4, 0.5) is 0 Å². The quantitative estimate of drug-likeness (QED) is 0.459. The molecule has 2 saturated heterocycles. The van der Waals surface area contributed by atoms with Crippen LogP contribution in [0.3, 0.4) is 0 Å². The van der Waals surface area contributed by atoms with Gasteiger partial charge >= 0.3 is 5.97 Å². The van der Waals surface area contributed by atoms with Gasteiger partial charge in [-0.05, 0) is 110 Å². The minimum absolute atomic E-state index is 0.300. The second-order valence-electron chi connectivity index (χ2n) is 11.0. The SMILES string of the molecule is CC.C[C@H](CCCC(=O)O)C1CCC2C3CCP4CCCCC4(C)C3CC[C@@]21C. The van der Waals surface area contributed by atoms with Crippen LogP contribution in [0.15, 0.2) is 0 Å². The fraction of sp³-hybridized carbons (Fsp3) is 0.962. The molecule has 0 radical (unpaired) electrons. The summed E-state index contributed by atoms with van der Waals surface area (Å²) in [6.45, 7) is 11.8. The van der Waals surface area contributed by atoms with Crippen LogP contribution in [0.5, 0.6) is 0 Å². The van der Waals surface area contributed by atoms with Gasteiger partial charge in [0, 0.05) is 6.42 Å². The van der Waals surface area contributed by atoms with Crippen LogP contribution in [0.1, 0.15) is 105 Å². The number of carboxylic acid groups (broad SMARTS) is 1. The molecule has 6 unspecified atom stereocenters. The van der Waals surface area contributed by atoms with Crippen LogP contribution in [-0.2, 0) is 4.79 Å². The van der Waals surface area contributed by atoms with Crippen molar-refractivity contribution in [2.45, 2.75) is 110 Å². The summed E-state index contributed by atoms with van der Waals surface area (Å²) in [5, 5.41) is 9.69. The summed E-state index contributed by atoms with van der Waals surface area (Å²) in [6.07, 6.45) is 17.3.